The number of hydrogen-bond donors (Lipinski definition) is 3. The van der Waals surface area contributed by atoms with Gasteiger partial charge in [0.15, 0.2) is 0 Å². The largest absolute Gasteiger partial charge is 0.395 e. The Morgan fingerprint density at radius 1 is 1.00 bits per heavy atom. The molecule has 0 amide bonds. The van der Waals surface area contributed by atoms with Gasteiger partial charge in [0.1, 0.15) is 0 Å². The van der Waals surface area contributed by atoms with Gasteiger partial charge in [-0.3, -0.25) is 20.2 Å². The minimum absolute atomic E-state index is 0.0664. The van der Waals surface area contributed by atoms with Crippen molar-refractivity contribution >= 4 is 22.7 Å². The Balaban J connectivity index is 1.77. The molecule has 12 nitrogen and oxygen atoms in total. The lowest BCUT2D eigenvalue weighted by Gasteiger charge is -2.12. The molecule has 150 valence electrons. The Morgan fingerprint density at radius 2 is 1.76 bits per heavy atom. The van der Waals surface area contributed by atoms with E-state index >= 15 is 0 Å². The predicted octanol–water partition coefficient (Wildman–Crippen LogP) is 2.57. The SMILES string of the molecule is O=[N+]([O-])c1cccc(-c2noc(CNc3cc([N+](=O)[O-])ccc3NCCO)n2)c1. The molecule has 0 aliphatic heterocycles. The Morgan fingerprint density at radius 3 is 2.48 bits per heavy atom. The lowest BCUT2D eigenvalue weighted by atomic mass is 10.2. The smallest absolute Gasteiger partial charge is 0.271 e. The maximum absolute atomic E-state index is 11.0. The molecule has 0 bridgehead atoms. The van der Waals surface area contributed by atoms with Gasteiger partial charge in [-0.2, -0.15) is 4.98 Å². The van der Waals surface area contributed by atoms with Gasteiger partial charge >= 0.3 is 0 Å². The summed E-state index contributed by atoms with van der Waals surface area (Å²) in [6.07, 6.45) is 0. The second-order valence-electron chi connectivity index (χ2n) is 5.81. The van der Waals surface area contributed by atoms with Crippen LogP contribution in [0.1, 0.15) is 5.89 Å². The first-order valence-electron chi connectivity index (χ1n) is 8.42. The molecule has 0 radical (unpaired) electrons. The molecule has 1 heterocycles. The number of nitro groups is 2. The summed E-state index contributed by atoms with van der Waals surface area (Å²) >= 11 is 0. The van der Waals surface area contributed by atoms with E-state index in [0.717, 1.165) is 0 Å². The van der Waals surface area contributed by atoms with Crippen LogP contribution in [-0.4, -0.2) is 38.2 Å². The number of nitrogens with one attached hydrogen (secondary N) is 2. The third-order valence-electron chi connectivity index (χ3n) is 3.85. The number of benzene rings is 2. The number of hydrogen-bond acceptors (Lipinski definition) is 10. The average Bonchev–Trinajstić information content (AvgIpc) is 3.20. The van der Waals surface area contributed by atoms with Gasteiger partial charge < -0.3 is 20.3 Å². The van der Waals surface area contributed by atoms with E-state index in [1.807, 2.05) is 0 Å². The normalized spacial score (nSPS) is 10.5. The van der Waals surface area contributed by atoms with Gasteiger partial charge in [0.05, 0.1) is 34.4 Å². The van der Waals surface area contributed by atoms with E-state index in [-0.39, 0.29) is 42.8 Å². The summed E-state index contributed by atoms with van der Waals surface area (Å²) in [5, 5.41) is 40.6. The minimum Gasteiger partial charge on any atom is -0.395 e. The highest BCUT2D eigenvalue weighted by Crippen LogP contribution is 2.28. The van der Waals surface area contributed by atoms with Crippen molar-refractivity contribution in [2.75, 3.05) is 23.8 Å². The molecule has 3 N–H and O–H groups in total. The number of aliphatic hydroxyl groups excluding tert-OH is 1. The Kier molecular flexibility index (Phi) is 5.94. The maximum Gasteiger partial charge on any atom is 0.271 e. The van der Waals surface area contributed by atoms with Crippen LogP contribution < -0.4 is 10.6 Å². The Bertz CT molecular complexity index is 1040. The molecular formula is C17H16N6O6. The van der Waals surface area contributed by atoms with E-state index in [4.69, 9.17) is 9.63 Å². The zero-order valence-electron chi connectivity index (χ0n) is 14.9. The first-order valence-corrected chi connectivity index (χ1v) is 8.42. The maximum atomic E-state index is 11.0. The molecule has 0 spiro atoms. The summed E-state index contributed by atoms with van der Waals surface area (Å²) in [4.78, 5) is 25.1. The van der Waals surface area contributed by atoms with E-state index in [0.29, 0.717) is 16.9 Å². The fourth-order valence-corrected chi connectivity index (χ4v) is 2.51. The topological polar surface area (TPSA) is 169 Å². The van der Waals surface area contributed by atoms with Crippen molar-refractivity contribution in [2.45, 2.75) is 6.54 Å². The predicted molar refractivity (Wildman–Crippen MR) is 102 cm³/mol. The zero-order valence-corrected chi connectivity index (χ0v) is 14.9. The quantitative estimate of drug-likeness (QED) is 0.358. The van der Waals surface area contributed by atoms with Crippen LogP contribution in [0.3, 0.4) is 0 Å². The highest BCUT2D eigenvalue weighted by atomic mass is 16.6. The monoisotopic (exact) mass is 400 g/mol. The molecule has 0 atom stereocenters. The van der Waals surface area contributed by atoms with Crippen LogP contribution in [0.15, 0.2) is 47.0 Å². The van der Waals surface area contributed by atoms with Gasteiger partial charge in [0.25, 0.3) is 11.4 Å². The van der Waals surface area contributed by atoms with Crippen LogP contribution in [0, 0.1) is 20.2 Å². The first kappa shape index (κ1) is 19.7. The summed E-state index contributed by atoms with van der Waals surface area (Å²) in [7, 11) is 0. The summed E-state index contributed by atoms with van der Waals surface area (Å²) in [6.45, 7) is 0.230. The summed E-state index contributed by atoms with van der Waals surface area (Å²) in [5.74, 6) is 0.370. The van der Waals surface area contributed by atoms with Gasteiger partial charge in [-0.1, -0.05) is 17.3 Å². The van der Waals surface area contributed by atoms with E-state index in [1.165, 1.54) is 36.4 Å². The molecule has 0 aliphatic rings. The van der Waals surface area contributed by atoms with Gasteiger partial charge in [0.2, 0.25) is 11.7 Å². The van der Waals surface area contributed by atoms with E-state index in [2.05, 4.69) is 20.8 Å². The zero-order chi connectivity index (χ0) is 20.8. The van der Waals surface area contributed by atoms with Gasteiger partial charge in [-0.05, 0) is 6.07 Å². The van der Waals surface area contributed by atoms with Crippen molar-refractivity contribution < 1.29 is 19.5 Å². The van der Waals surface area contributed by atoms with Crippen molar-refractivity contribution in [3.63, 3.8) is 0 Å². The van der Waals surface area contributed by atoms with Crippen LogP contribution in [0.5, 0.6) is 0 Å². The Labute approximate surface area is 163 Å². The number of aliphatic hydroxyl groups is 1. The molecular weight excluding hydrogens is 384 g/mol. The van der Waals surface area contributed by atoms with Gasteiger partial charge in [0, 0.05) is 36.4 Å². The summed E-state index contributed by atoms with van der Waals surface area (Å²) in [5.41, 5.74) is 1.20. The summed E-state index contributed by atoms with van der Waals surface area (Å²) < 4.78 is 5.15. The summed E-state index contributed by atoms with van der Waals surface area (Å²) in [6, 6.07) is 10.0. The van der Waals surface area contributed by atoms with Crippen molar-refractivity contribution in [3.8, 4) is 11.4 Å². The Hall–Kier alpha value is -4.06. The van der Waals surface area contributed by atoms with Crippen LogP contribution >= 0.6 is 0 Å². The molecule has 0 aliphatic carbocycles. The van der Waals surface area contributed by atoms with Crippen LogP contribution in [0.4, 0.5) is 22.7 Å². The molecule has 3 rings (SSSR count). The van der Waals surface area contributed by atoms with E-state index in [9.17, 15) is 20.2 Å². The number of rotatable bonds is 9. The fraction of sp³-hybridized carbons (Fsp3) is 0.176. The molecule has 2 aromatic carbocycles. The van der Waals surface area contributed by atoms with Crippen LogP contribution in [0.2, 0.25) is 0 Å². The third kappa shape index (κ3) is 4.81. The number of nitro benzene ring substituents is 2. The standard InChI is InChI=1S/C17H16N6O6/c24-7-6-18-14-5-4-13(23(27)28)9-15(14)19-10-16-20-17(21-29-16)11-2-1-3-12(8-11)22(25)26/h1-5,8-9,18-19,24H,6-7,10H2. The van der Waals surface area contributed by atoms with Gasteiger partial charge in [-0.15, -0.1) is 0 Å². The second kappa shape index (κ2) is 8.75. The van der Waals surface area contributed by atoms with E-state index in [1.54, 1.807) is 6.07 Å². The van der Waals surface area contributed by atoms with Crippen LogP contribution in [-0.2, 0) is 6.54 Å². The first-order chi connectivity index (χ1) is 14.0. The van der Waals surface area contributed by atoms with Crippen molar-refractivity contribution in [1.82, 2.24) is 10.1 Å². The highest BCUT2D eigenvalue weighted by molar-refractivity contribution is 5.72. The van der Waals surface area contributed by atoms with Crippen molar-refractivity contribution in [2.24, 2.45) is 0 Å². The molecule has 0 saturated carbocycles. The number of anilines is 2. The second-order valence-corrected chi connectivity index (χ2v) is 5.81. The fourth-order valence-electron chi connectivity index (χ4n) is 2.51. The molecule has 12 heteroatoms. The molecule has 0 saturated heterocycles. The number of aromatic nitrogens is 2. The molecule has 29 heavy (non-hydrogen) atoms. The lowest BCUT2D eigenvalue weighted by molar-refractivity contribution is -0.385. The average molecular weight is 400 g/mol. The minimum atomic E-state index is -0.520. The number of nitrogens with zero attached hydrogens (tertiary/aromatic N) is 4. The molecule has 1 aromatic heterocycles. The lowest BCUT2D eigenvalue weighted by Crippen LogP contribution is -2.09. The highest BCUT2D eigenvalue weighted by Gasteiger charge is 2.14. The molecule has 0 fully saturated rings. The van der Waals surface area contributed by atoms with E-state index < -0.39 is 9.85 Å². The third-order valence-corrected chi connectivity index (χ3v) is 3.85. The van der Waals surface area contributed by atoms with Crippen LogP contribution in [0.25, 0.3) is 11.4 Å². The molecule has 3 aromatic rings. The molecule has 0 unspecified atom stereocenters. The van der Waals surface area contributed by atoms with Crippen molar-refractivity contribution in [1.29, 1.82) is 0 Å². The number of non-ortho nitro benzene ring substituents is 2. The van der Waals surface area contributed by atoms with Gasteiger partial charge in [-0.25, -0.2) is 0 Å². The van der Waals surface area contributed by atoms with Crippen molar-refractivity contribution in [3.05, 3.63) is 68.6 Å².